The lowest BCUT2D eigenvalue weighted by molar-refractivity contribution is -0.115. The normalized spacial score (nSPS) is 11.7. The van der Waals surface area contributed by atoms with E-state index in [4.69, 9.17) is 0 Å². The molecule has 0 unspecified atom stereocenters. The molecule has 134 valence electrons. The molecule has 0 aliphatic rings. The molecule has 26 heavy (non-hydrogen) atoms. The number of fused-ring (bicyclic) bond motifs is 1. The predicted molar refractivity (Wildman–Crippen MR) is 106 cm³/mol. The third-order valence-electron chi connectivity index (χ3n) is 4.48. The predicted octanol–water partition coefficient (Wildman–Crippen LogP) is 4.04. The molecule has 0 fully saturated rings. The molecule has 0 saturated heterocycles. The molecule has 2 N–H and O–H groups in total. The van der Waals surface area contributed by atoms with Gasteiger partial charge in [0.25, 0.3) is 5.91 Å². The summed E-state index contributed by atoms with van der Waals surface area (Å²) in [6.45, 7) is 2.59. The first-order valence-electron chi connectivity index (χ1n) is 8.91. The van der Waals surface area contributed by atoms with E-state index in [2.05, 4.69) is 22.0 Å². The van der Waals surface area contributed by atoms with Crippen LogP contribution in [0.25, 0.3) is 16.5 Å². The fourth-order valence-corrected chi connectivity index (χ4v) is 3.16. The van der Waals surface area contributed by atoms with Gasteiger partial charge in [0.05, 0.1) is 0 Å². The highest BCUT2D eigenvalue weighted by atomic mass is 16.3. The van der Waals surface area contributed by atoms with E-state index in [0.29, 0.717) is 6.54 Å². The molecule has 0 aliphatic heterocycles. The molecule has 0 atom stereocenters. The fourth-order valence-electron chi connectivity index (χ4n) is 3.16. The highest BCUT2D eigenvalue weighted by Crippen LogP contribution is 2.27. The molecule has 0 bridgehead atoms. The number of rotatable bonds is 6. The molecule has 0 radical (unpaired) electrons. The summed E-state index contributed by atoms with van der Waals surface area (Å²) in [7, 11) is 2.00. The van der Waals surface area contributed by atoms with Gasteiger partial charge in [-0.3, -0.25) is 4.79 Å². The minimum Gasteiger partial charge on any atom is -0.508 e. The number of aryl methyl sites for hydroxylation is 1. The van der Waals surface area contributed by atoms with Crippen molar-refractivity contribution in [2.45, 2.75) is 19.8 Å². The van der Waals surface area contributed by atoms with Crippen molar-refractivity contribution in [3.05, 3.63) is 71.9 Å². The summed E-state index contributed by atoms with van der Waals surface area (Å²) in [6, 6.07) is 15.2. The number of hydrogen-bond donors (Lipinski definition) is 2. The second-order valence-electron chi connectivity index (χ2n) is 6.37. The average Bonchev–Trinajstić information content (AvgIpc) is 2.98. The highest BCUT2D eigenvalue weighted by molar-refractivity contribution is 6.22. The van der Waals surface area contributed by atoms with Gasteiger partial charge in [-0.1, -0.05) is 43.3 Å². The molecule has 0 saturated carbocycles. The summed E-state index contributed by atoms with van der Waals surface area (Å²) in [5.41, 5.74) is 3.87. The topological polar surface area (TPSA) is 54.3 Å². The highest BCUT2D eigenvalue weighted by Gasteiger charge is 2.16. The summed E-state index contributed by atoms with van der Waals surface area (Å²) in [4.78, 5) is 12.8. The molecule has 3 rings (SSSR count). The Morgan fingerprint density at radius 1 is 1.15 bits per heavy atom. The molecule has 1 aromatic heterocycles. The number of aromatic nitrogens is 1. The Labute approximate surface area is 153 Å². The number of benzene rings is 2. The van der Waals surface area contributed by atoms with Crippen LogP contribution in [-0.2, 0) is 18.3 Å². The average molecular weight is 348 g/mol. The number of phenols is 1. The van der Waals surface area contributed by atoms with Gasteiger partial charge in [-0.25, -0.2) is 0 Å². The van der Waals surface area contributed by atoms with Crippen LogP contribution in [0.4, 0.5) is 0 Å². The van der Waals surface area contributed by atoms with Crippen LogP contribution < -0.4 is 5.32 Å². The zero-order valence-electron chi connectivity index (χ0n) is 15.2. The van der Waals surface area contributed by atoms with Gasteiger partial charge in [-0.05, 0) is 36.6 Å². The van der Waals surface area contributed by atoms with Crippen LogP contribution >= 0.6 is 0 Å². The maximum Gasteiger partial charge on any atom is 0.251 e. The maximum absolute atomic E-state index is 12.8. The van der Waals surface area contributed by atoms with E-state index >= 15 is 0 Å². The Morgan fingerprint density at radius 3 is 2.62 bits per heavy atom. The zero-order chi connectivity index (χ0) is 18.5. The maximum atomic E-state index is 12.8. The van der Waals surface area contributed by atoms with E-state index < -0.39 is 0 Å². The summed E-state index contributed by atoms with van der Waals surface area (Å²) in [6.07, 6.45) is 5.52. The minimum atomic E-state index is -0.0537. The second-order valence-corrected chi connectivity index (χ2v) is 6.37. The summed E-state index contributed by atoms with van der Waals surface area (Å²) in [5.74, 6) is 0.198. The number of carbonyl (C=O) groups is 1. The standard InChI is InChI=1S/C22H24N2O2/c1-3-6-19(20-15-24(2)21-8-5-4-7-18(20)21)22(26)23-14-13-16-9-11-17(25)12-10-16/h4-12,15,25H,3,13-14H2,1-2H3,(H,23,26). The molecule has 4 heteroatoms. The second kappa shape index (κ2) is 7.91. The summed E-state index contributed by atoms with van der Waals surface area (Å²) < 4.78 is 2.05. The van der Waals surface area contributed by atoms with Crippen molar-refractivity contribution in [3.8, 4) is 5.75 Å². The quantitative estimate of drug-likeness (QED) is 0.661. The molecule has 1 amide bonds. The minimum absolute atomic E-state index is 0.0537. The number of hydrogen-bond acceptors (Lipinski definition) is 2. The Kier molecular flexibility index (Phi) is 5.42. The lowest BCUT2D eigenvalue weighted by Crippen LogP contribution is -2.26. The van der Waals surface area contributed by atoms with Crippen molar-refractivity contribution in [3.63, 3.8) is 0 Å². The van der Waals surface area contributed by atoms with Crippen LogP contribution in [0.3, 0.4) is 0 Å². The van der Waals surface area contributed by atoms with E-state index in [0.717, 1.165) is 40.4 Å². The Hall–Kier alpha value is -3.01. The lowest BCUT2D eigenvalue weighted by atomic mass is 10.0. The number of phenolic OH excluding ortho intramolecular Hbond substituents is 1. The van der Waals surface area contributed by atoms with E-state index in [1.807, 2.05) is 50.5 Å². The van der Waals surface area contributed by atoms with Gasteiger partial charge in [0, 0.05) is 41.8 Å². The first kappa shape index (κ1) is 17.8. The zero-order valence-corrected chi connectivity index (χ0v) is 15.2. The monoisotopic (exact) mass is 348 g/mol. The first-order chi connectivity index (χ1) is 12.6. The van der Waals surface area contributed by atoms with Crippen LogP contribution in [0, 0.1) is 0 Å². The van der Waals surface area contributed by atoms with E-state index in [1.54, 1.807) is 12.1 Å². The lowest BCUT2D eigenvalue weighted by Gasteiger charge is -2.09. The van der Waals surface area contributed by atoms with Crippen molar-refractivity contribution in [1.29, 1.82) is 0 Å². The SMILES string of the molecule is CCC=C(C(=O)NCCc1ccc(O)cc1)c1cn(C)c2ccccc12. The number of allylic oxidation sites excluding steroid dienone is 1. The van der Waals surface area contributed by atoms with Gasteiger partial charge in [0.15, 0.2) is 0 Å². The fraction of sp³-hybridized carbons (Fsp3) is 0.227. The van der Waals surface area contributed by atoms with Crippen LogP contribution in [0.1, 0.15) is 24.5 Å². The molecule has 0 spiro atoms. The number of carbonyl (C=O) groups excluding carboxylic acids is 1. The van der Waals surface area contributed by atoms with Crippen molar-refractivity contribution in [2.75, 3.05) is 6.54 Å². The largest absolute Gasteiger partial charge is 0.508 e. The Morgan fingerprint density at radius 2 is 1.88 bits per heavy atom. The smallest absolute Gasteiger partial charge is 0.251 e. The van der Waals surface area contributed by atoms with Gasteiger partial charge in [-0.2, -0.15) is 0 Å². The third kappa shape index (κ3) is 3.80. The van der Waals surface area contributed by atoms with Gasteiger partial charge >= 0.3 is 0 Å². The van der Waals surface area contributed by atoms with Crippen molar-refractivity contribution >= 4 is 22.4 Å². The van der Waals surface area contributed by atoms with Crippen molar-refractivity contribution < 1.29 is 9.90 Å². The van der Waals surface area contributed by atoms with Crippen molar-refractivity contribution in [1.82, 2.24) is 9.88 Å². The number of aromatic hydroxyl groups is 1. The molecule has 2 aromatic carbocycles. The molecular weight excluding hydrogens is 324 g/mol. The molecule has 3 aromatic rings. The van der Waals surface area contributed by atoms with Crippen LogP contribution in [0.15, 0.2) is 60.8 Å². The van der Waals surface area contributed by atoms with Gasteiger partial charge in [0.2, 0.25) is 0 Å². The Balaban J connectivity index is 1.76. The summed E-state index contributed by atoms with van der Waals surface area (Å²) in [5, 5.41) is 13.4. The summed E-state index contributed by atoms with van der Waals surface area (Å²) >= 11 is 0. The molecular formula is C22H24N2O2. The number of nitrogens with one attached hydrogen (secondary N) is 1. The number of nitrogens with zero attached hydrogens (tertiary/aromatic N) is 1. The van der Waals surface area contributed by atoms with Gasteiger partial charge in [-0.15, -0.1) is 0 Å². The van der Waals surface area contributed by atoms with Crippen LogP contribution in [0.5, 0.6) is 5.75 Å². The van der Waals surface area contributed by atoms with Crippen LogP contribution in [-0.4, -0.2) is 22.1 Å². The molecule has 1 heterocycles. The first-order valence-corrected chi connectivity index (χ1v) is 8.91. The van der Waals surface area contributed by atoms with Crippen molar-refractivity contribution in [2.24, 2.45) is 7.05 Å². The molecule has 0 aliphatic carbocycles. The number of amides is 1. The van der Waals surface area contributed by atoms with Gasteiger partial charge < -0.3 is 15.0 Å². The van der Waals surface area contributed by atoms with Gasteiger partial charge in [0.1, 0.15) is 5.75 Å². The van der Waals surface area contributed by atoms with E-state index in [-0.39, 0.29) is 11.7 Å². The van der Waals surface area contributed by atoms with E-state index in [9.17, 15) is 9.90 Å². The number of para-hydroxylation sites is 1. The third-order valence-corrected chi connectivity index (χ3v) is 4.48. The Bertz CT molecular complexity index is 936. The molecule has 4 nitrogen and oxygen atoms in total. The van der Waals surface area contributed by atoms with E-state index in [1.165, 1.54) is 0 Å². The van der Waals surface area contributed by atoms with Crippen LogP contribution in [0.2, 0.25) is 0 Å².